The van der Waals surface area contributed by atoms with Gasteiger partial charge in [-0.05, 0) is 26.0 Å². The van der Waals surface area contributed by atoms with Gasteiger partial charge in [0.25, 0.3) is 0 Å². The smallest absolute Gasteiger partial charge is 0.214 e. The van der Waals surface area contributed by atoms with Crippen molar-refractivity contribution in [1.82, 2.24) is 0 Å². The lowest BCUT2D eigenvalue weighted by molar-refractivity contribution is -0.107. The molecule has 3 nitrogen and oxygen atoms in total. The molecule has 1 aromatic rings. The van der Waals surface area contributed by atoms with Crippen molar-refractivity contribution < 1.29 is 9.53 Å². The third kappa shape index (κ3) is 2.25. The SMILES string of the molecule is COc1cccc(N(C=O)C(C)C)c1. The summed E-state index contributed by atoms with van der Waals surface area (Å²) < 4.78 is 5.09. The van der Waals surface area contributed by atoms with Gasteiger partial charge in [0.05, 0.1) is 7.11 Å². The van der Waals surface area contributed by atoms with Gasteiger partial charge in [-0.1, -0.05) is 6.07 Å². The second-order valence-electron chi connectivity index (χ2n) is 3.31. The summed E-state index contributed by atoms with van der Waals surface area (Å²) in [6.45, 7) is 3.93. The predicted molar refractivity (Wildman–Crippen MR) is 56.7 cm³/mol. The van der Waals surface area contributed by atoms with Gasteiger partial charge in [-0.3, -0.25) is 4.79 Å². The largest absolute Gasteiger partial charge is 0.497 e. The molecular formula is C11H15NO2. The van der Waals surface area contributed by atoms with Gasteiger partial charge in [-0.15, -0.1) is 0 Å². The van der Waals surface area contributed by atoms with E-state index >= 15 is 0 Å². The van der Waals surface area contributed by atoms with Crippen LogP contribution >= 0.6 is 0 Å². The molecule has 0 heterocycles. The molecule has 0 atom stereocenters. The normalized spacial score (nSPS) is 10.0. The zero-order valence-electron chi connectivity index (χ0n) is 8.73. The molecule has 0 aliphatic carbocycles. The lowest BCUT2D eigenvalue weighted by Gasteiger charge is -2.21. The number of carbonyl (C=O) groups is 1. The van der Waals surface area contributed by atoms with Crippen LogP contribution in [0.2, 0.25) is 0 Å². The Morgan fingerprint density at radius 1 is 1.43 bits per heavy atom. The molecule has 14 heavy (non-hydrogen) atoms. The van der Waals surface area contributed by atoms with E-state index in [1.165, 1.54) is 0 Å². The molecule has 0 aliphatic rings. The van der Waals surface area contributed by atoms with Crippen LogP contribution in [0.3, 0.4) is 0 Å². The summed E-state index contributed by atoms with van der Waals surface area (Å²) in [6.07, 6.45) is 0.833. The summed E-state index contributed by atoms with van der Waals surface area (Å²) >= 11 is 0. The molecule has 0 saturated heterocycles. The summed E-state index contributed by atoms with van der Waals surface area (Å²) in [5, 5.41) is 0. The van der Waals surface area contributed by atoms with Crippen LogP contribution < -0.4 is 9.64 Å². The number of nitrogens with zero attached hydrogens (tertiary/aromatic N) is 1. The van der Waals surface area contributed by atoms with E-state index < -0.39 is 0 Å². The molecule has 0 N–H and O–H groups in total. The van der Waals surface area contributed by atoms with E-state index in [0.29, 0.717) is 0 Å². The summed E-state index contributed by atoms with van der Waals surface area (Å²) in [5.74, 6) is 0.759. The van der Waals surface area contributed by atoms with Gasteiger partial charge < -0.3 is 9.64 Å². The van der Waals surface area contributed by atoms with Crippen LogP contribution in [0.1, 0.15) is 13.8 Å². The van der Waals surface area contributed by atoms with E-state index in [1.807, 2.05) is 38.1 Å². The minimum Gasteiger partial charge on any atom is -0.497 e. The van der Waals surface area contributed by atoms with Crippen molar-refractivity contribution in [2.24, 2.45) is 0 Å². The Balaban J connectivity index is 2.98. The topological polar surface area (TPSA) is 29.5 Å². The lowest BCUT2D eigenvalue weighted by atomic mass is 10.2. The number of hydrogen-bond acceptors (Lipinski definition) is 2. The van der Waals surface area contributed by atoms with Crippen LogP contribution in [0.25, 0.3) is 0 Å². The monoisotopic (exact) mass is 193 g/mol. The fraction of sp³-hybridized carbons (Fsp3) is 0.364. The van der Waals surface area contributed by atoms with E-state index in [2.05, 4.69) is 0 Å². The van der Waals surface area contributed by atoms with Crippen LogP contribution in [0.4, 0.5) is 5.69 Å². The zero-order valence-corrected chi connectivity index (χ0v) is 8.73. The minimum absolute atomic E-state index is 0.152. The minimum atomic E-state index is 0.152. The van der Waals surface area contributed by atoms with Crippen LogP contribution in [0, 0.1) is 0 Å². The molecule has 76 valence electrons. The Bertz CT molecular complexity index is 310. The Morgan fingerprint density at radius 2 is 2.14 bits per heavy atom. The number of ether oxygens (including phenoxy) is 1. The fourth-order valence-corrected chi connectivity index (χ4v) is 1.25. The summed E-state index contributed by atoms with van der Waals surface area (Å²) in [4.78, 5) is 12.5. The quantitative estimate of drug-likeness (QED) is 0.685. The standard InChI is InChI=1S/C11H15NO2/c1-9(2)12(8-13)10-5-4-6-11(7-10)14-3/h4-9H,1-3H3. The van der Waals surface area contributed by atoms with E-state index in [1.54, 1.807) is 12.0 Å². The van der Waals surface area contributed by atoms with E-state index in [0.717, 1.165) is 17.8 Å². The van der Waals surface area contributed by atoms with Crippen molar-refractivity contribution >= 4 is 12.1 Å². The van der Waals surface area contributed by atoms with Crippen molar-refractivity contribution in [1.29, 1.82) is 0 Å². The average molecular weight is 193 g/mol. The molecule has 0 aliphatic heterocycles. The first-order chi connectivity index (χ1) is 6.69. The third-order valence-corrected chi connectivity index (χ3v) is 2.02. The number of benzene rings is 1. The van der Waals surface area contributed by atoms with Crippen LogP contribution in [0.15, 0.2) is 24.3 Å². The second-order valence-corrected chi connectivity index (χ2v) is 3.31. The first-order valence-electron chi connectivity index (χ1n) is 4.56. The summed E-state index contributed by atoms with van der Waals surface area (Å²) in [5.41, 5.74) is 0.856. The Morgan fingerprint density at radius 3 is 2.64 bits per heavy atom. The Hall–Kier alpha value is -1.51. The first-order valence-corrected chi connectivity index (χ1v) is 4.56. The van der Waals surface area contributed by atoms with E-state index in [-0.39, 0.29) is 6.04 Å². The molecule has 0 fully saturated rings. The average Bonchev–Trinajstić information content (AvgIpc) is 2.19. The zero-order chi connectivity index (χ0) is 10.6. The van der Waals surface area contributed by atoms with Gasteiger partial charge in [0.15, 0.2) is 0 Å². The maximum Gasteiger partial charge on any atom is 0.214 e. The molecule has 0 unspecified atom stereocenters. The van der Waals surface area contributed by atoms with Crippen LogP contribution in [-0.4, -0.2) is 19.6 Å². The number of carbonyl (C=O) groups excluding carboxylic acids is 1. The number of rotatable bonds is 4. The highest BCUT2D eigenvalue weighted by molar-refractivity contribution is 5.76. The van der Waals surface area contributed by atoms with Gasteiger partial charge in [0.1, 0.15) is 5.75 Å². The molecule has 0 bridgehead atoms. The highest BCUT2D eigenvalue weighted by Crippen LogP contribution is 2.21. The summed E-state index contributed by atoms with van der Waals surface area (Å²) in [6, 6.07) is 7.60. The number of amides is 1. The highest BCUT2D eigenvalue weighted by atomic mass is 16.5. The van der Waals surface area contributed by atoms with Crippen LogP contribution in [0.5, 0.6) is 5.75 Å². The van der Waals surface area contributed by atoms with Gasteiger partial charge >= 0.3 is 0 Å². The van der Waals surface area contributed by atoms with Crippen molar-refractivity contribution in [3.05, 3.63) is 24.3 Å². The Kier molecular flexibility index (Phi) is 3.51. The van der Waals surface area contributed by atoms with E-state index in [9.17, 15) is 4.79 Å². The molecule has 3 heteroatoms. The predicted octanol–water partition coefficient (Wildman–Crippen LogP) is 2.07. The molecule has 1 aromatic carbocycles. The number of methoxy groups -OCH3 is 1. The Labute approximate surface area is 84.3 Å². The van der Waals surface area contributed by atoms with Gasteiger partial charge in [0, 0.05) is 17.8 Å². The maximum atomic E-state index is 10.8. The summed E-state index contributed by atoms with van der Waals surface area (Å²) in [7, 11) is 1.61. The first kappa shape index (κ1) is 10.6. The van der Waals surface area contributed by atoms with Gasteiger partial charge in [0.2, 0.25) is 6.41 Å². The van der Waals surface area contributed by atoms with Gasteiger partial charge in [-0.2, -0.15) is 0 Å². The molecule has 0 saturated carbocycles. The van der Waals surface area contributed by atoms with Crippen LogP contribution in [-0.2, 0) is 4.79 Å². The van der Waals surface area contributed by atoms with Crippen molar-refractivity contribution in [3.63, 3.8) is 0 Å². The maximum absolute atomic E-state index is 10.8. The van der Waals surface area contributed by atoms with E-state index in [4.69, 9.17) is 4.74 Å². The second kappa shape index (κ2) is 4.65. The molecular weight excluding hydrogens is 178 g/mol. The van der Waals surface area contributed by atoms with Crippen molar-refractivity contribution in [2.45, 2.75) is 19.9 Å². The molecule has 0 spiro atoms. The molecule has 1 rings (SSSR count). The molecule has 1 amide bonds. The highest BCUT2D eigenvalue weighted by Gasteiger charge is 2.09. The third-order valence-electron chi connectivity index (χ3n) is 2.02. The molecule has 0 radical (unpaired) electrons. The lowest BCUT2D eigenvalue weighted by Crippen LogP contribution is -2.28. The van der Waals surface area contributed by atoms with Crippen molar-refractivity contribution in [3.8, 4) is 5.75 Å². The molecule has 0 aromatic heterocycles. The fourth-order valence-electron chi connectivity index (χ4n) is 1.25. The number of hydrogen-bond donors (Lipinski definition) is 0. The van der Waals surface area contributed by atoms with Gasteiger partial charge in [-0.25, -0.2) is 0 Å². The number of anilines is 1. The van der Waals surface area contributed by atoms with Crippen molar-refractivity contribution in [2.75, 3.05) is 12.0 Å².